The van der Waals surface area contributed by atoms with E-state index in [9.17, 15) is 9.50 Å². The molecule has 8 heteroatoms. The lowest BCUT2D eigenvalue weighted by Gasteiger charge is -2.37. The number of rotatable bonds is 9. The average molecular weight is 437 g/mol. The molecule has 1 aromatic heterocycles. The van der Waals surface area contributed by atoms with Gasteiger partial charge in [0.2, 0.25) is 0 Å². The van der Waals surface area contributed by atoms with E-state index in [1.807, 2.05) is 44.2 Å². The van der Waals surface area contributed by atoms with Crippen molar-refractivity contribution in [1.29, 1.82) is 0 Å². The number of anilines is 1. The molecule has 2 unspecified atom stereocenters. The second-order valence-electron chi connectivity index (χ2n) is 9.31. The van der Waals surface area contributed by atoms with Crippen molar-refractivity contribution >= 4 is 18.6 Å². The van der Waals surface area contributed by atoms with Crippen molar-refractivity contribution in [2.45, 2.75) is 51.0 Å². The van der Waals surface area contributed by atoms with Crippen molar-refractivity contribution < 1.29 is 18.7 Å². The highest BCUT2D eigenvalue weighted by molar-refractivity contribution is 6.47. The molecule has 2 atom stereocenters. The lowest BCUT2D eigenvalue weighted by atomic mass is 9.82. The molecule has 0 spiro atoms. The standard InChI is InChI=1S/C24H29BFN3O3/c1-23(2,30)24(3,4)32-25-16-7-11-18(12-8-16)28-22(20-14-27-20)19-13-21(31-29-19)15-5-9-17(26)10-6-15/h5-13,20,22,25,27-28,30H,14H2,1-4H3. The van der Waals surface area contributed by atoms with Crippen LogP contribution < -0.4 is 16.1 Å². The Morgan fingerprint density at radius 1 is 1.16 bits per heavy atom. The summed E-state index contributed by atoms with van der Waals surface area (Å²) < 4.78 is 24.7. The third kappa shape index (κ3) is 5.20. The van der Waals surface area contributed by atoms with Gasteiger partial charge in [-0.3, -0.25) is 0 Å². The highest BCUT2D eigenvalue weighted by Crippen LogP contribution is 2.30. The maximum Gasteiger partial charge on any atom is 0.309 e. The first kappa shape index (κ1) is 22.5. The van der Waals surface area contributed by atoms with Crippen LogP contribution in [0.25, 0.3) is 11.3 Å². The smallest absolute Gasteiger partial charge is 0.309 e. The highest BCUT2D eigenvalue weighted by Gasteiger charge is 2.36. The van der Waals surface area contributed by atoms with E-state index in [1.165, 1.54) is 12.1 Å². The van der Waals surface area contributed by atoms with E-state index in [2.05, 4.69) is 15.8 Å². The van der Waals surface area contributed by atoms with Crippen molar-refractivity contribution in [3.63, 3.8) is 0 Å². The molecule has 1 saturated heterocycles. The van der Waals surface area contributed by atoms with Crippen molar-refractivity contribution in [3.8, 4) is 11.3 Å². The fourth-order valence-electron chi connectivity index (χ4n) is 3.19. The molecular weight excluding hydrogens is 408 g/mol. The molecule has 0 aliphatic carbocycles. The Hall–Kier alpha value is -2.68. The Labute approximate surface area is 188 Å². The zero-order valence-corrected chi connectivity index (χ0v) is 18.9. The predicted octanol–water partition coefficient (Wildman–Crippen LogP) is 3.15. The second-order valence-corrected chi connectivity index (χ2v) is 9.31. The molecule has 1 aliphatic rings. The fourth-order valence-corrected chi connectivity index (χ4v) is 3.19. The number of aliphatic hydroxyl groups is 1. The number of hydrogen-bond acceptors (Lipinski definition) is 6. The number of aromatic nitrogens is 1. The number of halogens is 1. The summed E-state index contributed by atoms with van der Waals surface area (Å²) in [5, 5.41) is 21.4. The summed E-state index contributed by atoms with van der Waals surface area (Å²) in [6.45, 7) is 8.16. The van der Waals surface area contributed by atoms with Crippen LogP contribution >= 0.6 is 0 Å². The van der Waals surface area contributed by atoms with Gasteiger partial charge in [0.15, 0.2) is 5.76 Å². The number of nitrogens with one attached hydrogen (secondary N) is 2. The van der Waals surface area contributed by atoms with E-state index in [0.717, 1.165) is 29.0 Å². The van der Waals surface area contributed by atoms with Crippen LogP contribution in [0.4, 0.5) is 10.1 Å². The Bertz CT molecular complexity index is 1040. The zero-order chi connectivity index (χ0) is 22.9. The van der Waals surface area contributed by atoms with Crippen LogP contribution in [0.1, 0.15) is 39.4 Å². The van der Waals surface area contributed by atoms with Gasteiger partial charge in [0, 0.05) is 29.9 Å². The van der Waals surface area contributed by atoms with E-state index < -0.39 is 11.2 Å². The second kappa shape index (κ2) is 8.69. The number of nitrogens with zero attached hydrogens (tertiary/aromatic N) is 1. The van der Waals surface area contributed by atoms with Crippen LogP contribution in [0, 0.1) is 5.82 Å². The summed E-state index contributed by atoms with van der Waals surface area (Å²) in [5.41, 5.74) is 1.95. The van der Waals surface area contributed by atoms with Crippen LogP contribution in [-0.4, -0.2) is 41.5 Å². The van der Waals surface area contributed by atoms with Crippen molar-refractivity contribution in [2.24, 2.45) is 0 Å². The van der Waals surface area contributed by atoms with E-state index in [0.29, 0.717) is 13.2 Å². The first-order valence-corrected chi connectivity index (χ1v) is 10.8. The summed E-state index contributed by atoms with van der Waals surface area (Å²) in [5.74, 6) is 0.321. The average Bonchev–Trinajstić information content (AvgIpc) is 3.47. The molecule has 3 N–H and O–H groups in total. The van der Waals surface area contributed by atoms with E-state index in [-0.39, 0.29) is 17.9 Å². The molecule has 3 aromatic rings. The van der Waals surface area contributed by atoms with Gasteiger partial charge in [0.05, 0.1) is 17.2 Å². The molecular formula is C24H29BFN3O3. The van der Waals surface area contributed by atoms with Gasteiger partial charge in [0.1, 0.15) is 11.5 Å². The summed E-state index contributed by atoms with van der Waals surface area (Å²) in [4.78, 5) is 0. The minimum atomic E-state index is -0.941. The summed E-state index contributed by atoms with van der Waals surface area (Å²) in [6.07, 6.45) is 0. The van der Waals surface area contributed by atoms with Crippen molar-refractivity contribution in [3.05, 3.63) is 66.1 Å². The minimum Gasteiger partial charge on any atom is -0.427 e. The quantitative estimate of drug-likeness (QED) is 0.352. The van der Waals surface area contributed by atoms with Crippen LogP contribution in [-0.2, 0) is 4.65 Å². The van der Waals surface area contributed by atoms with Crippen LogP contribution in [0.2, 0.25) is 0 Å². The van der Waals surface area contributed by atoms with Crippen LogP contribution in [0.5, 0.6) is 0 Å². The van der Waals surface area contributed by atoms with E-state index in [4.69, 9.17) is 9.18 Å². The van der Waals surface area contributed by atoms with Crippen LogP contribution in [0.3, 0.4) is 0 Å². The molecule has 6 nitrogen and oxygen atoms in total. The Morgan fingerprint density at radius 2 is 1.81 bits per heavy atom. The van der Waals surface area contributed by atoms with Gasteiger partial charge in [-0.25, -0.2) is 4.39 Å². The molecule has 4 rings (SSSR count). The van der Waals surface area contributed by atoms with Crippen molar-refractivity contribution in [1.82, 2.24) is 10.5 Å². The van der Waals surface area contributed by atoms with Gasteiger partial charge in [-0.2, -0.15) is 0 Å². The maximum absolute atomic E-state index is 13.2. The first-order chi connectivity index (χ1) is 15.1. The summed E-state index contributed by atoms with van der Waals surface area (Å²) >= 11 is 0. The maximum atomic E-state index is 13.2. The molecule has 2 aromatic carbocycles. The summed E-state index contributed by atoms with van der Waals surface area (Å²) in [6, 6.07) is 16.3. The third-order valence-corrected chi connectivity index (χ3v) is 6.17. The molecule has 0 bridgehead atoms. The number of hydrogen-bond donors (Lipinski definition) is 3. The first-order valence-electron chi connectivity index (χ1n) is 10.8. The van der Waals surface area contributed by atoms with Crippen molar-refractivity contribution in [2.75, 3.05) is 11.9 Å². The lowest BCUT2D eigenvalue weighted by Crippen LogP contribution is -2.49. The molecule has 0 radical (unpaired) electrons. The van der Waals surface area contributed by atoms with Crippen LogP contribution in [0.15, 0.2) is 59.1 Å². The third-order valence-electron chi connectivity index (χ3n) is 6.17. The lowest BCUT2D eigenvalue weighted by molar-refractivity contribution is -0.0893. The van der Waals surface area contributed by atoms with Gasteiger partial charge in [-0.05, 0) is 64.1 Å². The normalized spacial score (nSPS) is 17.1. The Kier molecular flexibility index (Phi) is 6.12. The molecule has 2 heterocycles. The zero-order valence-electron chi connectivity index (χ0n) is 18.9. The molecule has 1 aliphatic heterocycles. The van der Waals surface area contributed by atoms with Gasteiger partial charge in [-0.15, -0.1) is 0 Å². The largest absolute Gasteiger partial charge is 0.427 e. The summed E-state index contributed by atoms with van der Waals surface area (Å²) in [7, 11) is 0.412. The topological polar surface area (TPSA) is 89.5 Å². The highest BCUT2D eigenvalue weighted by atomic mass is 19.1. The van der Waals surface area contributed by atoms with Gasteiger partial charge in [0.25, 0.3) is 0 Å². The molecule has 0 saturated carbocycles. The Morgan fingerprint density at radius 3 is 2.41 bits per heavy atom. The molecule has 1 fully saturated rings. The predicted molar refractivity (Wildman–Crippen MR) is 125 cm³/mol. The SMILES string of the molecule is CC(C)(O)C(C)(C)OBc1ccc(NC(c2cc(-c3ccc(F)cc3)on2)C2CN2)cc1. The fraction of sp³-hybridized carbons (Fsp3) is 0.375. The van der Waals surface area contributed by atoms with E-state index >= 15 is 0 Å². The van der Waals surface area contributed by atoms with Gasteiger partial charge >= 0.3 is 7.48 Å². The Balaban J connectivity index is 1.42. The molecule has 168 valence electrons. The number of benzene rings is 2. The molecule has 0 amide bonds. The van der Waals surface area contributed by atoms with Gasteiger partial charge in [-0.1, -0.05) is 22.8 Å². The monoisotopic (exact) mass is 437 g/mol. The minimum absolute atomic E-state index is 0.0517. The molecule has 32 heavy (non-hydrogen) atoms. The van der Waals surface area contributed by atoms with E-state index in [1.54, 1.807) is 26.0 Å². The van der Waals surface area contributed by atoms with Gasteiger partial charge < -0.3 is 24.9 Å².